The minimum absolute atomic E-state index is 0.000917. The lowest BCUT2D eigenvalue weighted by Gasteiger charge is -2.55. The number of hydrogen-bond acceptors (Lipinski definition) is 4. The smallest absolute Gasteiger partial charge is 0.156 e. The van der Waals surface area contributed by atoms with Crippen LogP contribution in [-0.4, -0.2) is 29.5 Å². The maximum absolute atomic E-state index is 15.6. The van der Waals surface area contributed by atoms with Crippen LogP contribution in [0.15, 0.2) is 47.1 Å². The molecule has 184 valence electrons. The van der Waals surface area contributed by atoms with Gasteiger partial charge < -0.3 is 10.8 Å². The third-order valence-corrected chi connectivity index (χ3v) is 9.46. The van der Waals surface area contributed by atoms with Gasteiger partial charge in [-0.15, -0.1) is 0 Å². The third kappa shape index (κ3) is 3.52. The van der Waals surface area contributed by atoms with E-state index in [9.17, 15) is 14.7 Å². The highest BCUT2D eigenvalue weighted by molar-refractivity contribution is 5.93. The third-order valence-electron chi connectivity index (χ3n) is 9.46. The molecule has 2 fully saturated rings. The number of aliphatic hydroxyl groups excluding tert-OH is 1. The fourth-order valence-electron chi connectivity index (χ4n) is 7.91. The predicted molar refractivity (Wildman–Crippen MR) is 134 cm³/mol. The van der Waals surface area contributed by atoms with E-state index in [1.807, 2.05) is 31.2 Å². The summed E-state index contributed by atoms with van der Waals surface area (Å²) in [4.78, 5) is 25.7. The Balaban J connectivity index is 1.73. The lowest BCUT2D eigenvalue weighted by Crippen LogP contribution is -2.51. The van der Waals surface area contributed by atoms with Crippen molar-refractivity contribution in [3.63, 3.8) is 0 Å². The van der Waals surface area contributed by atoms with E-state index in [-0.39, 0.29) is 35.9 Å². The van der Waals surface area contributed by atoms with Gasteiger partial charge in [0.1, 0.15) is 12.8 Å². The summed E-state index contributed by atoms with van der Waals surface area (Å²) in [7, 11) is 0. The summed E-state index contributed by atoms with van der Waals surface area (Å²) in [5, 5.41) is 9.52. The zero-order chi connectivity index (χ0) is 25.0. The Morgan fingerprint density at radius 3 is 2.69 bits per heavy atom. The van der Waals surface area contributed by atoms with Crippen LogP contribution < -0.4 is 5.73 Å². The minimum Gasteiger partial charge on any atom is -0.399 e. The molecule has 1 aromatic carbocycles. The van der Waals surface area contributed by atoms with Gasteiger partial charge in [-0.2, -0.15) is 0 Å². The zero-order valence-corrected chi connectivity index (χ0v) is 20.6. The van der Waals surface area contributed by atoms with E-state index in [1.165, 1.54) is 11.6 Å². The van der Waals surface area contributed by atoms with Crippen LogP contribution in [-0.2, 0) is 9.59 Å². The van der Waals surface area contributed by atoms with Gasteiger partial charge in [-0.05, 0) is 84.3 Å². The minimum atomic E-state index is -1.17. The number of halogens is 1. The second-order valence-corrected chi connectivity index (χ2v) is 10.9. The summed E-state index contributed by atoms with van der Waals surface area (Å²) < 4.78 is 15.6. The van der Waals surface area contributed by atoms with Crippen molar-refractivity contribution in [2.75, 3.05) is 12.3 Å². The van der Waals surface area contributed by atoms with Crippen molar-refractivity contribution in [3.8, 4) is 11.8 Å². The van der Waals surface area contributed by atoms with Crippen LogP contribution in [0.4, 0.5) is 10.1 Å². The average Bonchev–Trinajstić information content (AvgIpc) is 3.15. The summed E-state index contributed by atoms with van der Waals surface area (Å²) in [6, 6.07) is 7.89. The Morgan fingerprint density at radius 1 is 1.26 bits per heavy atom. The number of allylic oxidation sites excluding steroid dienone is 4. The highest BCUT2D eigenvalue weighted by Crippen LogP contribution is 2.70. The number of alkyl halides is 1. The number of ketones is 2. The van der Waals surface area contributed by atoms with Crippen molar-refractivity contribution in [2.45, 2.75) is 70.9 Å². The first-order chi connectivity index (χ1) is 16.8. The fraction of sp³-hybridized carbons (Fsp3) is 0.533. The second kappa shape index (κ2) is 8.75. The molecule has 0 spiro atoms. The number of anilines is 1. The topological polar surface area (TPSA) is 80.4 Å². The molecule has 0 bridgehead atoms. The van der Waals surface area contributed by atoms with Crippen LogP contribution >= 0.6 is 0 Å². The van der Waals surface area contributed by atoms with Crippen LogP contribution in [0.1, 0.15) is 70.3 Å². The molecule has 1 aromatic rings. The average molecular weight is 476 g/mol. The van der Waals surface area contributed by atoms with E-state index < -0.39 is 17.0 Å². The van der Waals surface area contributed by atoms with E-state index >= 15 is 4.39 Å². The summed E-state index contributed by atoms with van der Waals surface area (Å²) in [6.45, 7) is 3.77. The lowest BCUT2D eigenvalue weighted by molar-refractivity contribution is -0.132. The molecule has 5 rings (SSSR count). The van der Waals surface area contributed by atoms with E-state index in [4.69, 9.17) is 5.73 Å². The molecule has 3 N–H and O–H groups in total. The van der Waals surface area contributed by atoms with Crippen molar-refractivity contribution in [3.05, 3.63) is 52.6 Å². The van der Waals surface area contributed by atoms with Crippen LogP contribution in [0.3, 0.4) is 0 Å². The lowest BCUT2D eigenvalue weighted by atomic mass is 9.48. The molecule has 0 saturated heterocycles. The molecule has 4 aliphatic carbocycles. The standard InChI is InChI=1S/C30H34FNO3/c1-3-27(35)30(12-4-14-33)13-11-25-23-16-26(31)22-15-20(34)9-10-21(22)28(23)24(17-29(25,30)2)18-5-7-19(32)8-6-18/h5-8,15,23-26,33H,3,9-11,13-14,16-17,32H2,1-2H3/t23-,24+,25-,26?,29-,30+/m0/s1. The Bertz CT molecular complexity index is 1190. The van der Waals surface area contributed by atoms with Gasteiger partial charge in [0.25, 0.3) is 0 Å². The SMILES string of the molecule is CCC(=O)[C@@]1(C#CCO)CC[C@H]2[C@@H]3CC(F)C4=CC(=O)CCC4=C3[C@@H](c3ccc(N)cc3)C[C@@]21C. The Kier molecular flexibility index (Phi) is 6.00. The highest BCUT2D eigenvalue weighted by atomic mass is 19.1. The van der Waals surface area contributed by atoms with E-state index in [1.54, 1.807) is 0 Å². The zero-order valence-electron chi connectivity index (χ0n) is 20.6. The molecule has 1 unspecified atom stereocenters. The Labute approximate surface area is 206 Å². The fourth-order valence-corrected chi connectivity index (χ4v) is 7.91. The van der Waals surface area contributed by atoms with Gasteiger partial charge in [-0.1, -0.05) is 43.4 Å². The highest BCUT2D eigenvalue weighted by Gasteiger charge is 2.65. The number of nitrogen functional groups attached to an aromatic ring is 1. The number of rotatable bonds is 3. The maximum Gasteiger partial charge on any atom is 0.156 e. The molecule has 4 nitrogen and oxygen atoms in total. The molecule has 2 saturated carbocycles. The summed E-state index contributed by atoms with van der Waals surface area (Å²) in [5.41, 5.74) is 9.36. The number of hydrogen-bond donors (Lipinski definition) is 2. The van der Waals surface area contributed by atoms with Crippen molar-refractivity contribution in [1.82, 2.24) is 0 Å². The van der Waals surface area contributed by atoms with Crippen molar-refractivity contribution < 1.29 is 19.1 Å². The molecule has 0 heterocycles. The Hall–Kier alpha value is -2.71. The molecule has 0 amide bonds. The summed E-state index contributed by atoms with van der Waals surface area (Å²) in [5.74, 6) is 6.32. The summed E-state index contributed by atoms with van der Waals surface area (Å²) in [6.07, 6.45) is 4.25. The maximum atomic E-state index is 15.6. The molecule has 0 aliphatic heterocycles. The van der Waals surface area contributed by atoms with Crippen LogP contribution in [0.2, 0.25) is 0 Å². The van der Waals surface area contributed by atoms with Gasteiger partial charge in [-0.25, -0.2) is 4.39 Å². The monoisotopic (exact) mass is 475 g/mol. The van der Waals surface area contributed by atoms with E-state index in [0.717, 1.165) is 24.0 Å². The first-order valence-corrected chi connectivity index (χ1v) is 12.9. The molecular weight excluding hydrogens is 441 g/mol. The molecule has 4 aliphatic rings. The normalized spacial score (nSPS) is 35.9. The van der Waals surface area contributed by atoms with Gasteiger partial charge in [0, 0.05) is 24.4 Å². The number of aliphatic hydroxyl groups is 1. The molecular formula is C30H34FNO3. The first-order valence-electron chi connectivity index (χ1n) is 12.9. The van der Waals surface area contributed by atoms with Crippen molar-refractivity contribution in [1.29, 1.82) is 0 Å². The molecule has 0 radical (unpaired) electrons. The van der Waals surface area contributed by atoms with Gasteiger partial charge in [-0.3, -0.25) is 9.59 Å². The molecule has 5 heteroatoms. The quantitative estimate of drug-likeness (QED) is 0.472. The number of carbonyl (C=O) groups excluding carboxylic acids is 2. The van der Waals surface area contributed by atoms with Crippen molar-refractivity contribution in [2.24, 2.45) is 22.7 Å². The predicted octanol–water partition coefficient (Wildman–Crippen LogP) is 5.08. The second-order valence-electron chi connectivity index (χ2n) is 10.9. The number of benzene rings is 1. The molecule has 6 atom stereocenters. The van der Waals surface area contributed by atoms with Gasteiger partial charge in [0.05, 0.1) is 5.41 Å². The van der Waals surface area contributed by atoms with Gasteiger partial charge in [0.2, 0.25) is 0 Å². The number of fused-ring (bicyclic) bond motifs is 4. The van der Waals surface area contributed by atoms with E-state index in [0.29, 0.717) is 43.4 Å². The van der Waals surface area contributed by atoms with Gasteiger partial charge >= 0.3 is 0 Å². The number of Topliss-reactive ketones (excluding diaryl/α,β-unsaturated/α-hetero) is 1. The van der Waals surface area contributed by atoms with Gasteiger partial charge in [0.15, 0.2) is 11.6 Å². The summed E-state index contributed by atoms with van der Waals surface area (Å²) >= 11 is 0. The van der Waals surface area contributed by atoms with Crippen molar-refractivity contribution >= 4 is 17.3 Å². The largest absolute Gasteiger partial charge is 0.399 e. The van der Waals surface area contributed by atoms with E-state index in [2.05, 4.69) is 18.8 Å². The van der Waals surface area contributed by atoms with Crippen LogP contribution in [0, 0.1) is 34.5 Å². The number of nitrogens with two attached hydrogens (primary N) is 1. The van der Waals surface area contributed by atoms with Crippen LogP contribution in [0.25, 0.3) is 0 Å². The first kappa shape index (κ1) is 24.0. The molecule has 0 aromatic heterocycles. The Morgan fingerprint density at radius 2 is 2.00 bits per heavy atom. The van der Waals surface area contributed by atoms with Crippen LogP contribution in [0.5, 0.6) is 0 Å². The number of carbonyl (C=O) groups is 2. The molecule has 35 heavy (non-hydrogen) atoms.